The molecule has 0 spiro atoms. The Balaban J connectivity index is 1.75. The molecule has 0 aromatic carbocycles. The van der Waals surface area contributed by atoms with Gasteiger partial charge < -0.3 is 15.7 Å². The van der Waals surface area contributed by atoms with Crippen LogP contribution in [0.15, 0.2) is 0 Å². The van der Waals surface area contributed by atoms with Crippen molar-refractivity contribution in [1.82, 2.24) is 10.6 Å². The normalized spacial score (nSPS) is 32.1. The predicted molar refractivity (Wildman–Crippen MR) is 65.5 cm³/mol. The maximum Gasteiger partial charge on any atom is 0.237 e. The number of amides is 1. The lowest BCUT2D eigenvalue weighted by molar-refractivity contribution is -0.123. The predicted octanol–water partition coefficient (Wildman–Crippen LogP) is 0.111. The van der Waals surface area contributed by atoms with Crippen LogP contribution in [0.2, 0.25) is 0 Å². The van der Waals surface area contributed by atoms with Gasteiger partial charge in [-0.15, -0.1) is 0 Å². The minimum Gasteiger partial charge on any atom is -0.392 e. The topological polar surface area (TPSA) is 61.4 Å². The minimum absolute atomic E-state index is 0.0388. The van der Waals surface area contributed by atoms with E-state index in [9.17, 15) is 9.90 Å². The van der Waals surface area contributed by atoms with Crippen molar-refractivity contribution >= 4 is 17.7 Å². The zero-order valence-corrected chi connectivity index (χ0v) is 10.5. The molecule has 0 bridgehead atoms. The average Bonchev–Trinajstić information content (AvgIpc) is 2.64. The number of hydrogen-bond donors (Lipinski definition) is 3. The van der Waals surface area contributed by atoms with Gasteiger partial charge in [-0.05, 0) is 25.5 Å². The van der Waals surface area contributed by atoms with Gasteiger partial charge in [0.15, 0.2) is 0 Å². The standard InChI is InChI=1S/C11H20N2O2S/c1-16-11(3-2-4-11)7-13-10(15)9-5-8(14)6-12-9/h8-9,12,14H,2-7H2,1H3,(H,13,15). The van der Waals surface area contributed by atoms with Crippen molar-refractivity contribution in [2.45, 2.75) is 42.6 Å². The molecule has 1 saturated carbocycles. The Morgan fingerprint density at radius 3 is 2.81 bits per heavy atom. The van der Waals surface area contributed by atoms with Gasteiger partial charge in [0.1, 0.15) is 0 Å². The van der Waals surface area contributed by atoms with Crippen molar-refractivity contribution in [3.8, 4) is 0 Å². The second-order valence-corrected chi connectivity index (χ2v) is 6.08. The number of rotatable bonds is 4. The van der Waals surface area contributed by atoms with Gasteiger partial charge in [-0.1, -0.05) is 6.42 Å². The second kappa shape index (κ2) is 4.94. The van der Waals surface area contributed by atoms with E-state index in [2.05, 4.69) is 16.9 Å². The zero-order chi connectivity index (χ0) is 11.6. The van der Waals surface area contributed by atoms with Crippen LogP contribution < -0.4 is 10.6 Å². The van der Waals surface area contributed by atoms with Crippen LogP contribution in [0.3, 0.4) is 0 Å². The first-order valence-electron chi connectivity index (χ1n) is 5.89. The highest BCUT2D eigenvalue weighted by atomic mass is 32.2. The third-order valence-corrected chi connectivity index (χ3v) is 5.13. The fourth-order valence-electron chi connectivity index (χ4n) is 2.31. The van der Waals surface area contributed by atoms with Crippen LogP contribution in [0.1, 0.15) is 25.7 Å². The number of thioether (sulfide) groups is 1. The van der Waals surface area contributed by atoms with Crippen LogP contribution in [0.25, 0.3) is 0 Å². The first-order chi connectivity index (χ1) is 7.65. The number of hydrogen-bond acceptors (Lipinski definition) is 4. The Morgan fingerprint density at radius 1 is 1.62 bits per heavy atom. The van der Waals surface area contributed by atoms with Gasteiger partial charge in [-0.2, -0.15) is 11.8 Å². The number of β-amino-alcohol motifs (C(OH)–C–C–N with tert-alkyl or cyclic N) is 1. The monoisotopic (exact) mass is 244 g/mol. The van der Waals surface area contributed by atoms with Gasteiger partial charge in [0.2, 0.25) is 5.91 Å². The molecule has 2 atom stereocenters. The van der Waals surface area contributed by atoms with Crippen LogP contribution in [0, 0.1) is 0 Å². The Morgan fingerprint density at radius 2 is 2.38 bits per heavy atom. The van der Waals surface area contributed by atoms with Gasteiger partial charge in [0.05, 0.1) is 12.1 Å². The fraction of sp³-hybridized carbons (Fsp3) is 0.909. The third kappa shape index (κ3) is 2.52. The number of nitrogens with one attached hydrogen (secondary N) is 2. The van der Waals surface area contributed by atoms with Gasteiger partial charge >= 0.3 is 0 Å². The number of aliphatic hydroxyl groups is 1. The SMILES string of the molecule is CSC1(CNC(=O)C2CC(O)CN2)CCC1. The fourth-order valence-corrected chi connectivity index (χ4v) is 3.23. The zero-order valence-electron chi connectivity index (χ0n) is 9.66. The molecule has 16 heavy (non-hydrogen) atoms. The summed E-state index contributed by atoms with van der Waals surface area (Å²) in [5.41, 5.74) is 0. The Labute approximate surface area is 101 Å². The van der Waals surface area contributed by atoms with Crippen molar-refractivity contribution < 1.29 is 9.90 Å². The van der Waals surface area contributed by atoms with Crippen molar-refractivity contribution in [1.29, 1.82) is 0 Å². The Hall–Kier alpha value is -0.260. The van der Waals surface area contributed by atoms with E-state index in [4.69, 9.17) is 0 Å². The first kappa shape index (κ1) is 12.2. The number of aliphatic hydroxyl groups excluding tert-OH is 1. The van der Waals surface area contributed by atoms with E-state index in [1.54, 1.807) is 0 Å². The van der Waals surface area contributed by atoms with Crippen LogP contribution >= 0.6 is 11.8 Å². The molecular weight excluding hydrogens is 224 g/mol. The first-order valence-corrected chi connectivity index (χ1v) is 7.12. The molecule has 92 valence electrons. The van der Waals surface area contributed by atoms with Gasteiger partial charge in [0.25, 0.3) is 0 Å². The highest BCUT2D eigenvalue weighted by Gasteiger charge is 2.37. The summed E-state index contributed by atoms with van der Waals surface area (Å²) < 4.78 is 0.285. The smallest absolute Gasteiger partial charge is 0.237 e. The van der Waals surface area contributed by atoms with Crippen molar-refractivity contribution in [3.63, 3.8) is 0 Å². The van der Waals surface area contributed by atoms with E-state index in [1.807, 2.05) is 11.8 Å². The van der Waals surface area contributed by atoms with Crippen LogP contribution in [0.4, 0.5) is 0 Å². The Kier molecular flexibility index (Phi) is 3.77. The summed E-state index contributed by atoms with van der Waals surface area (Å²) in [6, 6.07) is -0.200. The summed E-state index contributed by atoms with van der Waals surface area (Å²) in [5.74, 6) is 0.0388. The highest BCUT2D eigenvalue weighted by Crippen LogP contribution is 2.42. The maximum absolute atomic E-state index is 11.8. The summed E-state index contributed by atoms with van der Waals surface area (Å²) in [6.07, 6.45) is 5.97. The van der Waals surface area contributed by atoms with Crippen LogP contribution in [0.5, 0.6) is 0 Å². The lowest BCUT2D eigenvalue weighted by Gasteiger charge is -2.40. The summed E-state index contributed by atoms with van der Waals surface area (Å²) in [4.78, 5) is 11.8. The molecule has 0 aromatic heterocycles. The summed E-state index contributed by atoms with van der Waals surface area (Å²) >= 11 is 1.86. The molecular formula is C11H20N2O2S. The van der Waals surface area contributed by atoms with E-state index in [0.717, 1.165) is 6.54 Å². The van der Waals surface area contributed by atoms with Crippen molar-refractivity contribution in [3.05, 3.63) is 0 Å². The van der Waals surface area contributed by atoms with Gasteiger partial charge in [0, 0.05) is 17.8 Å². The molecule has 2 unspecified atom stereocenters. The quantitative estimate of drug-likeness (QED) is 0.657. The molecule has 3 N–H and O–H groups in total. The molecule has 1 saturated heterocycles. The van der Waals surface area contributed by atoms with Crippen molar-refractivity contribution in [2.24, 2.45) is 0 Å². The van der Waals surface area contributed by atoms with Crippen molar-refractivity contribution in [2.75, 3.05) is 19.3 Å². The molecule has 0 aromatic rings. The van der Waals surface area contributed by atoms with Crippen LogP contribution in [-0.4, -0.2) is 47.3 Å². The summed E-state index contributed by atoms with van der Waals surface area (Å²) in [7, 11) is 0. The molecule has 1 amide bonds. The molecule has 0 radical (unpaired) electrons. The van der Waals surface area contributed by atoms with E-state index in [0.29, 0.717) is 13.0 Å². The third-order valence-electron chi connectivity index (χ3n) is 3.71. The highest BCUT2D eigenvalue weighted by molar-refractivity contribution is 8.00. The molecule has 2 aliphatic rings. The molecule has 4 nitrogen and oxygen atoms in total. The lowest BCUT2D eigenvalue weighted by atomic mass is 9.84. The maximum atomic E-state index is 11.8. The molecule has 1 heterocycles. The van der Waals surface area contributed by atoms with E-state index in [-0.39, 0.29) is 22.8 Å². The molecule has 1 aliphatic carbocycles. The average molecular weight is 244 g/mol. The van der Waals surface area contributed by atoms with Gasteiger partial charge in [-0.3, -0.25) is 4.79 Å². The number of carbonyl (C=O) groups is 1. The Bertz CT molecular complexity index is 263. The lowest BCUT2D eigenvalue weighted by Crippen LogP contribution is -2.49. The second-order valence-electron chi connectivity index (χ2n) is 4.81. The number of carbonyl (C=O) groups excluding carboxylic acids is 1. The molecule has 1 aliphatic heterocycles. The minimum atomic E-state index is -0.367. The summed E-state index contributed by atoms with van der Waals surface area (Å²) in [5, 5.41) is 15.4. The summed E-state index contributed by atoms with van der Waals surface area (Å²) in [6.45, 7) is 1.30. The molecule has 2 fully saturated rings. The van der Waals surface area contributed by atoms with E-state index in [1.165, 1.54) is 19.3 Å². The van der Waals surface area contributed by atoms with E-state index >= 15 is 0 Å². The molecule has 5 heteroatoms. The van der Waals surface area contributed by atoms with Gasteiger partial charge in [-0.25, -0.2) is 0 Å². The largest absolute Gasteiger partial charge is 0.392 e. The van der Waals surface area contributed by atoms with Crippen LogP contribution in [-0.2, 0) is 4.79 Å². The molecule has 2 rings (SSSR count). The van der Waals surface area contributed by atoms with E-state index < -0.39 is 0 Å².